The standard InChI is InChI=1S/C11H15BrN2O5S/c1-14(6-5-11(15)16)20(17,18)13-10-7-8(19-2)3-4-9(10)12/h3-4,7,13H,5-6H2,1-2H3,(H,15,16). The molecule has 0 heterocycles. The lowest BCUT2D eigenvalue weighted by Gasteiger charge is -2.18. The van der Waals surface area contributed by atoms with E-state index in [1.807, 2.05) is 0 Å². The van der Waals surface area contributed by atoms with Crippen LogP contribution in [0.2, 0.25) is 0 Å². The maximum absolute atomic E-state index is 12.0. The summed E-state index contributed by atoms with van der Waals surface area (Å²) in [7, 11) is -1.04. The second kappa shape index (κ2) is 6.91. The van der Waals surface area contributed by atoms with Gasteiger partial charge in [-0.15, -0.1) is 0 Å². The van der Waals surface area contributed by atoms with E-state index in [-0.39, 0.29) is 13.0 Å². The quantitative estimate of drug-likeness (QED) is 0.762. The molecule has 0 atom stereocenters. The van der Waals surface area contributed by atoms with Crippen LogP contribution in [0.5, 0.6) is 5.75 Å². The van der Waals surface area contributed by atoms with Crippen molar-refractivity contribution in [3.05, 3.63) is 22.7 Å². The molecule has 0 amide bonds. The molecule has 1 aromatic rings. The fraction of sp³-hybridized carbons (Fsp3) is 0.364. The molecular formula is C11H15BrN2O5S. The van der Waals surface area contributed by atoms with Crippen molar-refractivity contribution in [1.82, 2.24) is 4.31 Å². The lowest BCUT2D eigenvalue weighted by molar-refractivity contribution is -0.137. The number of methoxy groups -OCH3 is 1. The average Bonchev–Trinajstić information content (AvgIpc) is 2.38. The molecule has 0 unspecified atom stereocenters. The predicted octanol–water partition coefficient (Wildman–Crippen LogP) is 1.52. The monoisotopic (exact) mass is 366 g/mol. The van der Waals surface area contributed by atoms with Crippen LogP contribution in [0, 0.1) is 0 Å². The fourth-order valence-corrected chi connectivity index (χ4v) is 2.71. The number of hydrogen-bond donors (Lipinski definition) is 2. The summed E-state index contributed by atoms with van der Waals surface area (Å²) >= 11 is 3.23. The molecule has 2 N–H and O–H groups in total. The van der Waals surface area contributed by atoms with Crippen molar-refractivity contribution in [3.63, 3.8) is 0 Å². The summed E-state index contributed by atoms with van der Waals surface area (Å²) < 4.78 is 32.9. The van der Waals surface area contributed by atoms with E-state index in [1.165, 1.54) is 20.2 Å². The van der Waals surface area contributed by atoms with Crippen LogP contribution in [0.1, 0.15) is 6.42 Å². The zero-order valence-corrected chi connectivity index (χ0v) is 13.4. The maximum Gasteiger partial charge on any atom is 0.304 e. The van der Waals surface area contributed by atoms with Gasteiger partial charge in [-0.1, -0.05) is 0 Å². The van der Waals surface area contributed by atoms with Crippen LogP contribution in [-0.2, 0) is 15.0 Å². The lowest BCUT2D eigenvalue weighted by atomic mass is 10.3. The largest absolute Gasteiger partial charge is 0.497 e. The first-order valence-corrected chi connectivity index (χ1v) is 7.79. The van der Waals surface area contributed by atoms with Crippen LogP contribution in [-0.4, -0.2) is 44.5 Å². The highest BCUT2D eigenvalue weighted by atomic mass is 79.9. The van der Waals surface area contributed by atoms with Crippen LogP contribution >= 0.6 is 15.9 Å². The first kappa shape index (κ1) is 16.7. The molecule has 0 saturated carbocycles. The molecule has 112 valence electrons. The number of ether oxygens (including phenoxy) is 1. The summed E-state index contributed by atoms with van der Waals surface area (Å²) in [4.78, 5) is 10.5. The third-order valence-electron chi connectivity index (χ3n) is 2.46. The van der Waals surface area contributed by atoms with Gasteiger partial charge in [0.2, 0.25) is 0 Å². The minimum absolute atomic E-state index is 0.119. The highest BCUT2D eigenvalue weighted by Crippen LogP contribution is 2.28. The average molecular weight is 367 g/mol. The topological polar surface area (TPSA) is 95.9 Å². The zero-order chi connectivity index (χ0) is 15.3. The summed E-state index contributed by atoms with van der Waals surface area (Å²) in [6.45, 7) is -0.119. The molecule has 1 aromatic carbocycles. The number of benzene rings is 1. The Morgan fingerprint density at radius 3 is 2.70 bits per heavy atom. The molecule has 7 nitrogen and oxygen atoms in total. The molecule has 0 radical (unpaired) electrons. The van der Waals surface area contributed by atoms with Gasteiger partial charge in [0.05, 0.1) is 19.2 Å². The van der Waals surface area contributed by atoms with Gasteiger partial charge >= 0.3 is 16.2 Å². The van der Waals surface area contributed by atoms with Crippen LogP contribution < -0.4 is 9.46 Å². The van der Waals surface area contributed by atoms with E-state index in [2.05, 4.69) is 20.7 Å². The Kier molecular flexibility index (Phi) is 5.78. The van der Waals surface area contributed by atoms with Gasteiger partial charge in [0.1, 0.15) is 5.75 Å². The Bertz CT molecular complexity index is 590. The SMILES string of the molecule is COc1ccc(Br)c(NS(=O)(=O)N(C)CCC(=O)O)c1. The Morgan fingerprint density at radius 2 is 2.15 bits per heavy atom. The highest BCUT2D eigenvalue weighted by molar-refractivity contribution is 9.10. The molecule has 20 heavy (non-hydrogen) atoms. The van der Waals surface area contributed by atoms with E-state index in [0.29, 0.717) is 15.9 Å². The second-order valence-electron chi connectivity index (χ2n) is 3.92. The fourth-order valence-electron chi connectivity index (χ4n) is 1.30. The van der Waals surface area contributed by atoms with Gasteiger partial charge in [0, 0.05) is 24.1 Å². The zero-order valence-electron chi connectivity index (χ0n) is 11.0. The number of halogens is 1. The number of carbonyl (C=O) groups is 1. The smallest absolute Gasteiger partial charge is 0.304 e. The Labute approximate surface area is 125 Å². The summed E-state index contributed by atoms with van der Waals surface area (Å²) in [5, 5.41) is 8.56. The lowest BCUT2D eigenvalue weighted by Crippen LogP contribution is -2.34. The number of hydrogen-bond acceptors (Lipinski definition) is 4. The Morgan fingerprint density at radius 1 is 1.50 bits per heavy atom. The van der Waals surface area contributed by atoms with Crippen molar-refractivity contribution in [2.45, 2.75) is 6.42 Å². The van der Waals surface area contributed by atoms with Gasteiger partial charge in [0.15, 0.2) is 0 Å². The van der Waals surface area contributed by atoms with E-state index < -0.39 is 16.2 Å². The van der Waals surface area contributed by atoms with Crippen molar-refractivity contribution in [3.8, 4) is 5.75 Å². The minimum Gasteiger partial charge on any atom is -0.497 e. The van der Waals surface area contributed by atoms with E-state index in [4.69, 9.17) is 9.84 Å². The Balaban J connectivity index is 2.87. The summed E-state index contributed by atoms with van der Waals surface area (Å²) in [5.41, 5.74) is 0.312. The third kappa shape index (κ3) is 4.66. The number of carboxylic acid groups (broad SMARTS) is 1. The molecule has 0 aliphatic heterocycles. The van der Waals surface area contributed by atoms with Crippen molar-refractivity contribution in [1.29, 1.82) is 0 Å². The van der Waals surface area contributed by atoms with Gasteiger partial charge < -0.3 is 9.84 Å². The van der Waals surface area contributed by atoms with Gasteiger partial charge in [-0.2, -0.15) is 12.7 Å². The molecule has 0 aromatic heterocycles. The number of rotatable bonds is 7. The number of nitrogens with zero attached hydrogens (tertiary/aromatic N) is 1. The number of aliphatic carboxylic acids is 1. The molecule has 0 fully saturated rings. The number of carboxylic acids is 1. The molecular weight excluding hydrogens is 352 g/mol. The summed E-state index contributed by atoms with van der Waals surface area (Å²) in [6, 6.07) is 4.84. The van der Waals surface area contributed by atoms with Crippen molar-refractivity contribution in [2.75, 3.05) is 25.4 Å². The van der Waals surface area contributed by atoms with Crippen LogP contribution in [0.4, 0.5) is 5.69 Å². The van der Waals surface area contributed by atoms with E-state index in [9.17, 15) is 13.2 Å². The third-order valence-corrected chi connectivity index (χ3v) is 4.64. The molecule has 9 heteroatoms. The number of nitrogens with one attached hydrogen (secondary N) is 1. The normalized spacial score (nSPS) is 11.4. The van der Waals surface area contributed by atoms with Gasteiger partial charge in [0.25, 0.3) is 0 Å². The Hall–Kier alpha value is -1.32. The van der Waals surface area contributed by atoms with Crippen LogP contribution in [0.3, 0.4) is 0 Å². The summed E-state index contributed by atoms with van der Waals surface area (Å²) in [6.07, 6.45) is -0.267. The molecule has 0 aliphatic rings. The molecule has 0 bridgehead atoms. The van der Waals surface area contributed by atoms with Gasteiger partial charge in [-0.05, 0) is 28.1 Å². The predicted molar refractivity (Wildman–Crippen MR) is 78.1 cm³/mol. The van der Waals surface area contributed by atoms with Crippen LogP contribution in [0.25, 0.3) is 0 Å². The maximum atomic E-state index is 12.0. The van der Waals surface area contributed by atoms with Crippen molar-refractivity contribution >= 4 is 37.8 Å². The van der Waals surface area contributed by atoms with E-state index >= 15 is 0 Å². The molecule has 1 rings (SSSR count). The molecule has 0 saturated heterocycles. The first-order chi connectivity index (χ1) is 9.26. The molecule has 0 spiro atoms. The van der Waals surface area contributed by atoms with Gasteiger partial charge in [-0.3, -0.25) is 9.52 Å². The number of anilines is 1. The minimum atomic E-state index is -3.82. The highest BCUT2D eigenvalue weighted by Gasteiger charge is 2.19. The second-order valence-corrected chi connectivity index (χ2v) is 6.55. The molecule has 0 aliphatic carbocycles. The van der Waals surface area contributed by atoms with Gasteiger partial charge in [-0.25, -0.2) is 0 Å². The van der Waals surface area contributed by atoms with Crippen molar-refractivity contribution < 1.29 is 23.1 Å². The summed E-state index contributed by atoms with van der Waals surface area (Å²) in [5.74, 6) is -0.561. The first-order valence-electron chi connectivity index (χ1n) is 5.55. The van der Waals surface area contributed by atoms with E-state index in [0.717, 1.165) is 4.31 Å². The van der Waals surface area contributed by atoms with E-state index in [1.54, 1.807) is 12.1 Å². The van der Waals surface area contributed by atoms with Crippen LogP contribution in [0.15, 0.2) is 22.7 Å². The van der Waals surface area contributed by atoms with Crippen molar-refractivity contribution in [2.24, 2.45) is 0 Å².